The first-order valence-electron chi connectivity index (χ1n) is 11.7. The van der Waals surface area contributed by atoms with Crippen molar-refractivity contribution in [2.45, 2.75) is 12.1 Å². The molecule has 4 aromatic carbocycles. The van der Waals surface area contributed by atoms with Crippen LogP contribution in [0.4, 0.5) is 5.69 Å². The lowest BCUT2D eigenvalue weighted by atomic mass is 9.96. The first kappa shape index (κ1) is 24.6. The van der Waals surface area contributed by atoms with E-state index < -0.39 is 12.1 Å². The van der Waals surface area contributed by atoms with Crippen molar-refractivity contribution >= 4 is 23.2 Å². The molecule has 0 aliphatic heterocycles. The van der Waals surface area contributed by atoms with Crippen LogP contribution in [-0.2, 0) is 4.79 Å². The molecule has 0 spiro atoms. The summed E-state index contributed by atoms with van der Waals surface area (Å²) >= 11 is 0. The van der Waals surface area contributed by atoms with Crippen LogP contribution in [0.25, 0.3) is 11.6 Å². The van der Waals surface area contributed by atoms with Crippen LogP contribution >= 0.6 is 0 Å². The molecule has 2 atom stereocenters. The van der Waals surface area contributed by atoms with Crippen LogP contribution in [-0.4, -0.2) is 17.6 Å². The number of aliphatic hydroxyl groups is 1. The third-order valence-corrected chi connectivity index (χ3v) is 5.81. The molecule has 4 aromatic rings. The van der Waals surface area contributed by atoms with Crippen LogP contribution in [0.15, 0.2) is 115 Å². The molecule has 0 aliphatic rings. The number of aliphatic hydroxyl groups excluding tert-OH is 1. The highest BCUT2D eigenvalue weighted by Gasteiger charge is 2.23. The Balaban J connectivity index is 1.40. The molecule has 0 heterocycles. The van der Waals surface area contributed by atoms with Crippen molar-refractivity contribution < 1.29 is 9.90 Å². The summed E-state index contributed by atoms with van der Waals surface area (Å²) in [7, 11) is 0. The Bertz CT molecular complexity index is 1330. The second-order valence-electron chi connectivity index (χ2n) is 8.33. The molecule has 0 radical (unpaired) electrons. The van der Waals surface area contributed by atoms with Gasteiger partial charge in [-0.15, -0.1) is 0 Å². The zero-order valence-electron chi connectivity index (χ0n) is 19.7. The van der Waals surface area contributed by atoms with Gasteiger partial charge in [0.05, 0.1) is 30.3 Å². The van der Waals surface area contributed by atoms with Crippen LogP contribution < -0.4 is 10.6 Å². The van der Waals surface area contributed by atoms with Gasteiger partial charge < -0.3 is 10.4 Å². The minimum Gasteiger partial charge on any atom is -0.386 e. The van der Waals surface area contributed by atoms with Crippen LogP contribution in [0.5, 0.6) is 0 Å². The van der Waals surface area contributed by atoms with Crippen molar-refractivity contribution in [1.29, 1.82) is 5.26 Å². The number of hydrogen-bond donors (Lipinski definition) is 3. The predicted molar refractivity (Wildman–Crippen MR) is 144 cm³/mol. The molecule has 5 nitrogen and oxygen atoms in total. The van der Waals surface area contributed by atoms with Gasteiger partial charge in [-0.3, -0.25) is 10.1 Å². The van der Waals surface area contributed by atoms with Crippen molar-refractivity contribution in [3.63, 3.8) is 0 Å². The van der Waals surface area contributed by atoms with E-state index in [0.29, 0.717) is 11.3 Å². The summed E-state index contributed by atoms with van der Waals surface area (Å²) in [5, 5.41) is 26.6. The number of rotatable bonds is 9. The Labute approximate surface area is 211 Å². The second kappa shape index (κ2) is 12.3. The van der Waals surface area contributed by atoms with Gasteiger partial charge in [0, 0.05) is 5.69 Å². The zero-order chi connectivity index (χ0) is 25.2. The van der Waals surface area contributed by atoms with Gasteiger partial charge in [0.15, 0.2) is 0 Å². The van der Waals surface area contributed by atoms with E-state index in [0.717, 1.165) is 22.3 Å². The number of carbonyl (C=O) groups excluding carboxylic acids is 1. The number of benzene rings is 4. The summed E-state index contributed by atoms with van der Waals surface area (Å²) in [6.45, 7) is 0.0255. The van der Waals surface area contributed by atoms with Gasteiger partial charge in [-0.2, -0.15) is 5.26 Å². The smallest absolute Gasteiger partial charge is 0.238 e. The molecule has 3 N–H and O–H groups in total. The van der Waals surface area contributed by atoms with Crippen molar-refractivity contribution in [1.82, 2.24) is 5.32 Å². The molecule has 0 aromatic heterocycles. The van der Waals surface area contributed by atoms with Crippen molar-refractivity contribution in [3.8, 4) is 6.07 Å². The van der Waals surface area contributed by atoms with Crippen molar-refractivity contribution in [3.05, 3.63) is 138 Å². The summed E-state index contributed by atoms with van der Waals surface area (Å²) in [4.78, 5) is 12.7. The monoisotopic (exact) mass is 473 g/mol. The number of amides is 1. The number of nitrogens with zero attached hydrogens (tertiary/aromatic N) is 1. The average molecular weight is 474 g/mol. The molecule has 0 saturated carbocycles. The van der Waals surface area contributed by atoms with E-state index in [1.54, 1.807) is 12.1 Å². The topological polar surface area (TPSA) is 85.2 Å². The number of allylic oxidation sites excluding steroid dienone is 1. The molecule has 5 heteroatoms. The van der Waals surface area contributed by atoms with E-state index in [2.05, 4.69) is 16.7 Å². The first-order valence-corrected chi connectivity index (χ1v) is 11.7. The molecule has 0 saturated heterocycles. The average Bonchev–Trinajstić information content (AvgIpc) is 2.94. The zero-order valence-corrected chi connectivity index (χ0v) is 19.7. The molecule has 0 aliphatic carbocycles. The fraction of sp³-hybridized carbons (Fsp3) is 0.0968. The number of carbonyl (C=O) groups is 1. The maximum absolute atomic E-state index is 12.7. The van der Waals surface area contributed by atoms with Gasteiger partial charge in [-0.25, -0.2) is 0 Å². The van der Waals surface area contributed by atoms with E-state index in [9.17, 15) is 15.2 Å². The number of nitriles is 1. The highest BCUT2D eigenvalue weighted by molar-refractivity contribution is 5.93. The Kier molecular flexibility index (Phi) is 8.39. The largest absolute Gasteiger partial charge is 0.386 e. The third kappa shape index (κ3) is 6.55. The van der Waals surface area contributed by atoms with Crippen LogP contribution in [0.3, 0.4) is 0 Å². The minimum atomic E-state index is -0.814. The van der Waals surface area contributed by atoms with Crippen LogP contribution in [0, 0.1) is 11.3 Å². The second-order valence-corrected chi connectivity index (χ2v) is 8.33. The molecule has 0 fully saturated rings. The van der Waals surface area contributed by atoms with E-state index in [1.165, 1.54) is 0 Å². The Morgan fingerprint density at radius 2 is 1.36 bits per heavy atom. The fourth-order valence-electron chi connectivity index (χ4n) is 3.95. The lowest BCUT2D eigenvalue weighted by Crippen LogP contribution is -2.34. The van der Waals surface area contributed by atoms with Crippen molar-refractivity contribution in [2.75, 3.05) is 11.9 Å². The molecular formula is C31H27N3O2. The summed E-state index contributed by atoms with van der Waals surface area (Å²) in [6, 6.07) is 37.6. The van der Waals surface area contributed by atoms with Gasteiger partial charge in [-0.05, 0) is 40.5 Å². The molecule has 0 unspecified atom stereocenters. The predicted octanol–water partition coefficient (Wildman–Crippen LogP) is 5.75. The number of hydrogen-bond acceptors (Lipinski definition) is 4. The van der Waals surface area contributed by atoms with Gasteiger partial charge in [0.2, 0.25) is 5.91 Å². The van der Waals surface area contributed by atoms with Crippen molar-refractivity contribution in [2.24, 2.45) is 0 Å². The van der Waals surface area contributed by atoms with Gasteiger partial charge in [0.25, 0.3) is 0 Å². The Morgan fingerprint density at radius 3 is 1.94 bits per heavy atom. The Hall–Kier alpha value is -4.50. The summed E-state index contributed by atoms with van der Waals surface area (Å²) in [6.07, 6.45) is 1.00. The standard InChI is InChI=1S/C31H27N3O2/c32-21-27(24-10-4-1-5-11-24)20-23-16-18-28(19-17-23)34-29(35)22-33-30(25-12-6-2-7-13-25)31(36)26-14-8-3-9-15-26/h1-20,30-31,33,36H,22H2,(H,34,35)/b27-20+/t30-,31+/m1/s1. The van der Waals surface area contributed by atoms with E-state index in [4.69, 9.17) is 0 Å². The highest BCUT2D eigenvalue weighted by atomic mass is 16.3. The summed E-state index contributed by atoms with van der Waals surface area (Å²) in [5.41, 5.74) is 4.60. The van der Waals surface area contributed by atoms with E-state index in [1.807, 2.05) is 109 Å². The molecule has 1 amide bonds. The summed E-state index contributed by atoms with van der Waals surface area (Å²) < 4.78 is 0. The molecule has 4 rings (SSSR count). The molecule has 178 valence electrons. The van der Waals surface area contributed by atoms with Gasteiger partial charge >= 0.3 is 0 Å². The number of anilines is 1. The fourth-order valence-corrected chi connectivity index (χ4v) is 3.95. The molecule has 0 bridgehead atoms. The first-order chi connectivity index (χ1) is 17.6. The summed E-state index contributed by atoms with van der Waals surface area (Å²) in [5.74, 6) is -0.221. The molecular weight excluding hydrogens is 446 g/mol. The maximum Gasteiger partial charge on any atom is 0.238 e. The van der Waals surface area contributed by atoms with Gasteiger partial charge in [0.1, 0.15) is 0 Å². The van der Waals surface area contributed by atoms with E-state index >= 15 is 0 Å². The minimum absolute atomic E-state index is 0.0255. The lowest BCUT2D eigenvalue weighted by Gasteiger charge is -2.25. The number of nitrogens with one attached hydrogen (secondary N) is 2. The Morgan fingerprint density at radius 1 is 0.806 bits per heavy atom. The third-order valence-electron chi connectivity index (χ3n) is 5.81. The van der Waals surface area contributed by atoms with Crippen LogP contribution in [0.2, 0.25) is 0 Å². The highest BCUT2D eigenvalue weighted by Crippen LogP contribution is 2.28. The lowest BCUT2D eigenvalue weighted by molar-refractivity contribution is -0.115. The quantitative estimate of drug-likeness (QED) is 0.213. The molecule has 36 heavy (non-hydrogen) atoms. The van der Waals surface area contributed by atoms with E-state index in [-0.39, 0.29) is 12.5 Å². The van der Waals surface area contributed by atoms with Gasteiger partial charge in [-0.1, -0.05) is 103 Å². The normalized spacial score (nSPS) is 12.8. The van der Waals surface area contributed by atoms with Crippen LogP contribution in [0.1, 0.15) is 34.4 Å². The SMILES string of the molecule is N#C/C(=C\c1ccc(NC(=O)CN[C@H](c2ccccc2)[C@@H](O)c2ccccc2)cc1)c1ccccc1. The maximum atomic E-state index is 12.7.